The van der Waals surface area contributed by atoms with Crippen LogP contribution in [-0.2, 0) is 9.59 Å². The fourth-order valence-electron chi connectivity index (χ4n) is 2.90. The second-order valence-corrected chi connectivity index (χ2v) is 6.61. The largest absolute Gasteiger partial charge is 0.481 e. The summed E-state index contributed by atoms with van der Waals surface area (Å²) in [6.07, 6.45) is 17.6. The predicted octanol–water partition coefficient (Wildman–Crippen LogP) is 4.82. The molecule has 0 radical (unpaired) electrons. The molecule has 0 aromatic rings. The molecule has 0 saturated heterocycles. The zero-order valence-corrected chi connectivity index (χ0v) is 15.4. The van der Waals surface area contributed by atoms with Crippen molar-refractivity contribution in [1.29, 1.82) is 0 Å². The molecule has 0 aliphatic rings. The van der Waals surface area contributed by atoms with Gasteiger partial charge in [-0.25, -0.2) is 0 Å². The van der Waals surface area contributed by atoms with Crippen molar-refractivity contribution in [1.82, 2.24) is 0 Å². The van der Waals surface area contributed by atoms with E-state index in [1.807, 2.05) is 0 Å². The fraction of sp³-hybridized carbons (Fsp3) is 0.895. The van der Waals surface area contributed by atoms with Crippen molar-refractivity contribution in [2.24, 2.45) is 5.92 Å². The van der Waals surface area contributed by atoms with E-state index in [9.17, 15) is 9.59 Å². The first kappa shape index (κ1) is 25.1. The van der Waals surface area contributed by atoms with Gasteiger partial charge in [0, 0.05) is 0 Å². The average Bonchev–Trinajstić information content (AvgIpc) is 2.50. The molecule has 0 amide bonds. The maximum atomic E-state index is 10.7. The number of carbonyl (C=O) groups is 2. The Morgan fingerprint density at radius 1 is 0.625 bits per heavy atom. The molecule has 0 fully saturated rings. The molecule has 0 spiro atoms. The van der Waals surface area contributed by atoms with Gasteiger partial charge in [0.15, 0.2) is 5.92 Å². The molecule has 0 bridgehead atoms. The molecule has 0 heterocycles. The van der Waals surface area contributed by atoms with Gasteiger partial charge < -0.3 is 15.7 Å². The van der Waals surface area contributed by atoms with Crippen LogP contribution < -0.4 is 0 Å². The Morgan fingerprint density at radius 2 is 0.917 bits per heavy atom. The first-order chi connectivity index (χ1) is 11.1. The number of hydrogen-bond acceptors (Lipinski definition) is 2. The molecule has 0 aromatic heterocycles. The first-order valence-corrected chi connectivity index (χ1v) is 9.55. The molecule has 0 unspecified atom stereocenters. The van der Waals surface area contributed by atoms with Crippen LogP contribution in [0.25, 0.3) is 0 Å². The Kier molecular flexibility index (Phi) is 19.1. The standard InChI is InChI=1S/C19H36O4.H2O/c1-2-3-4-5-6-7-8-9-10-11-12-13-14-15-16-17(18(20)21)19(22)23;/h17H,2-16H2,1H3,(H,20,21)(H,22,23);1H2. The third-order valence-corrected chi connectivity index (χ3v) is 4.44. The van der Waals surface area contributed by atoms with Crippen molar-refractivity contribution < 1.29 is 25.3 Å². The number of hydrogen-bond donors (Lipinski definition) is 2. The minimum Gasteiger partial charge on any atom is -0.481 e. The molecule has 0 aromatic carbocycles. The van der Waals surface area contributed by atoms with Crippen LogP contribution in [0.5, 0.6) is 0 Å². The lowest BCUT2D eigenvalue weighted by Crippen LogP contribution is -2.23. The molecule has 5 nitrogen and oxygen atoms in total. The van der Waals surface area contributed by atoms with E-state index in [0.717, 1.165) is 12.8 Å². The van der Waals surface area contributed by atoms with Crippen LogP contribution in [0.2, 0.25) is 0 Å². The van der Waals surface area contributed by atoms with Crippen molar-refractivity contribution >= 4 is 11.9 Å². The van der Waals surface area contributed by atoms with E-state index in [1.165, 1.54) is 70.6 Å². The molecule has 144 valence electrons. The SMILES string of the molecule is CCCCCCCCCCCCCCCCC(C(=O)O)C(=O)O.O. The molecule has 4 N–H and O–H groups in total. The third-order valence-electron chi connectivity index (χ3n) is 4.44. The highest BCUT2D eigenvalue weighted by atomic mass is 16.4. The Morgan fingerprint density at radius 3 is 1.21 bits per heavy atom. The van der Waals surface area contributed by atoms with Crippen molar-refractivity contribution in [3.05, 3.63) is 0 Å². The van der Waals surface area contributed by atoms with E-state index < -0.39 is 17.9 Å². The third kappa shape index (κ3) is 15.8. The maximum Gasteiger partial charge on any atom is 0.317 e. The summed E-state index contributed by atoms with van der Waals surface area (Å²) < 4.78 is 0. The molecule has 0 atom stereocenters. The second kappa shape index (κ2) is 18.2. The lowest BCUT2D eigenvalue weighted by molar-refractivity contribution is -0.154. The normalized spacial score (nSPS) is 10.6. The topological polar surface area (TPSA) is 106 Å². The lowest BCUT2D eigenvalue weighted by atomic mass is 10.00. The first-order valence-electron chi connectivity index (χ1n) is 9.55. The summed E-state index contributed by atoms with van der Waals surface area (Å²) in [6, 6.07) is 0. The van der Waals surface area contributed by atoms with Gasteiger partial charge in [-0.1, -0.05) is 96.8 Å². The van der Waals surface area contributed by atoms with Gasteiger partial charge in [0.2, 0.25) is 0 Å². The van der Waals surface area contributed by atoms with E-state index in [-0.39, 0.29) is 11.9 Å². The Balaban J connectivity index is 0. The molecule has 0 aliphatic carbocycles. The second-order valence-electron chi connectivity index (χ2n) is 6.61. The van der Waals surface area contributed by atoms with Gasteiger partial charge in [0.1, 0.15) is 0 Å². The van der Waals surface area contributed by atoms with Crippen LogP contribution in [0.1, 0.15) is 103 Å². The summed E-state index contributed by atoms with van der Waals surface area (Å²) in [7, 11) is 0. The number of aliphatic carboxylic acids is 2. The van der Waals surface area contributed by atoms with Gasteiger partial charge in [0.05, 0.1) is 0 Å². The summed E-state index contributed by atoms with van der Waals surface area (Å²) >= 11 is 0. The van der Waals surface area contributed by atoms with Crippen molar-refractivity contribution in [3.8, 4) is 0 Å². The van der Waals surface area contributed by atoms with Crippen LogP contribution in [0, 0.1) is 5.92 Å². The van der Waals surface area contributed by atoms with E-state index in [2.05, 4.69) is 6.92 Å². The smallest absolute Gasteiger partial charge is 0.317 e. The monoisotopic (exact) mass is 346 g/mol. The van der Waals surface area contributed by atoms with Crippen LogP contribution in [0.15, 0.2) is 0 Å². The van der Waals surface area contributed by atoms with E-state index in [4.69, 9.17) is 10.2 Å². The highest BCUT2D eigenvalue weighted by Gasteiger charge is 2.24. The van der Waals surface area contributed by atoms with Gasteiger partial charge in [-0.05, 0) is 6.42 Å². The molecular formula is C19H38O5. The van der Waals surface area contributed by atoms with Gasteiger partial charge in [-0.2, -0.15) is 0 Å². The summed E-state index contributed by atoms with van der Waals surface area (Å²) in [4.78, 5) is 21.5. The molecule has 5 heteroatoms. The Labute approximate surface area is 147 Å². The minimum atomic E-state index is -1.23. The molecule has 0 saturated carbocycles. The number of carboxylic acids is 2. The van der Waals surface area contributed by atoms with E-state index in [1.54, 1.807) is 0 Å². The zero-order chi connectivity index (χ0) is 17.3. The minimum absolute atomic E-state index is 0. The van der Waals surface area contributed by atoms with Gasteiger partial charge in [0.25, 0.3) is 0 Å². The van der Waals surface area contributed by atoms with Crippen molar-refractivity contribution in [2.45, 2.75) is 103 Å². The van der Waals surface area contributed by atoms with Crippen LogP contribution in [0.4, 0.5) is 0 Å². The summed E-state index contributed by atoms with van der Waals surface area (Å²) in [5, 5.41) is 17.5. The van der Waals surface area contributed by atoms with Gasteiger partial charge in [-0.3, -0.25) is 9.59 Å². The van der Waals surface area contributed by atoms with Crippen LogP contribution >= 0.6 is 0 Å². The maximum absolute atomic E-state index is 10.7. The number of unbranched alkanes of at least 4 members (excludes halogenated alkanes) is 13. The summed E-state index contributed by atoms with van der Waals surface area (Å²) in [5.74, 6) is -3.66. The predicted molar refractivity (Wildman–Crippen MR) is 97.3 cm³/mol. The summed E-state index contributed by atoms with van der Waals surface area (Å²) in [6.45, 7) is 2.25. The van der Waals surface area contributed by atoms with Crippen molar-refractivity contribution in [3.63, 3.8) is 0 Å². The van der Waals surface area contributed by atoms with Gasteiger partial charge in [-0.15, -0.1) is 0 Å². The average molecular weight is 347 g/mol. The van der Waals surface area contributed by atoms with Crippen molar-refractivity contribution in [2.75, 3.05) is 0 Å². The highest BCUT2D eigenvalue weighted by molar-refractivity contribution is 5.92. The Bertz CT molecular complexity index is 290. The lowest BCUT2D eigenvalue weighted by Gasteiger charge is -2.07. The molecule has 24 heavy (non-hydrogen) atoms. The quantitative estimate of drug-likeness (QED) is 0.291. The molecular weight excluding hydrogens is 308 g/mol. The molecule has 0 rings (SSSR count). The van der Waals surface area contributed by atoms with Crippen LogP contribution in [-0.4, -0.2) is 27.6 Å². The van der Waals surface area contributed by atoms with Crippen LogP contribution in [0.3, 0.4) is 0 Å². The summed E-state index contributed by atoms with van der Waals surface area (Å²) in [5.41, 5.74) is 0. The molecule has 0 aliphatic heterocycles. The van der Waals surface area contributed by atoms with E-state index in [0.29, 0.717) is 6.42 Å². The highest BCUT2D eigenvalue weighted by Crippen LogP contribution is 2.15. The Hall–Kier alpha value is -1.10. The van der Waals surface area contributed by atoms with Gasteiger partial charge >= 0.3 is 11.9 Å². The number of rotatable bonds is 17. The zero-order valence-electron chi connectivity index (χ0n) is 15.4. The fourth-order valence-corrected chi connectivity index (χ4v) is 2.90. The van der Waals surface area contributed by atoms with E-state index >= 15 is 0 Å². The number of carboxylic acid groups (broad SMARTS) is 2.